The molecule has 8 nitrogen and oxygen atoms in total. The van der Waals surface area contributed by atoms with E-state index in [9.17, 15) is 34.2 Å². The Morgan fingerprint density at radius 2 is 1.88 bits per heavy atom. The summed E-state index contributed by atoms with van der Waals surface area (Å²) in [6.45, 7) is 2.92. The summed E-state index contributed by atoms with van der Waals surface area (Å²) >= 11 is 0. The Bertz CT molecular complexity index is 859. The van der Waals surface area contributed by atoms with E-state index in [1.807, 2.05) is 0 Å². The van der Waals surface area contributed by atoms with Crippen molar-refractivity contribution in [3.05, 3.63) is 11.6 Å². The van der Waals surface area contributed by atoms with Crippen molar-refractivity contribution in [2.24, 2.45) is 28.6 Å². The van der Waals surface area contributed by atoms with E-state index >= 15 is 0 Å². The second-order valence-electron chi connectivity index (χ2n) is 10.1. The first-order chi connectivity index (χ1) is 13.8. The molecule has 0 aromatic heterocycles. The number of allylic oxidation sites excluding steroid dienone is 1. The fourth-order valence-corrected chi connectivity index (χ4v) is 7.68. The number of fused-ring (bicyclic) bond motifs is 5. The molecule has 0 aromatic rings. The molecule has 168 valence electrons. The number of carbonyl (C=O) groups excluding carboxylic acids is 2. The molecule has 0 unspecified atom stereocenters. The molecule has 0 spiro atoms. The SMILES string of the molecule is C[C@]12CCC(=O)C=C1CC[C@@H]1[C@H]2[C@@H](O)C[C@@]2(C)[C@H]1CC[C@]2(O)C(=O)COP(=O)([O-])[O-].[Na+].[Na+]. The average molecular weight is 486 g/mol. The van der Waals surface area contributed by atoms with Crippen LogP contribution in [0, 0.1) is 28.6 Å². The monoisotopic (exact) mass is 486 g/mol. The third-order valence-corrected chi connectivity index (χ3v) is 9.31. The Morgan fingerprint density at radius 1 is 1.22 bits per heavy atom. The van der Waals surface area contributed by atoms with Crippen LogP contribution in [0.1, 0.15) is 58.8 Å². The minimum Gasteiger partial charge on any atom is -0.790 e. The van der Waals surface area contributed by atoms with Gasteiger partial charge in [0.2, 0.25) is 0 Å². The molecule has 0 aliphatic heterocycles. The van der Waals surface area contributed by atoms with Gasteiger partial charge in [-0.3, -0.25) is 9.59 Å². The van der Waals surface area contributed by atoms with E-state index in [2.05, 4.69) is 11.4 Å². The molecule has 0 saturated heterocycles. The number of Topliss-reactive ketones (excluding diaryl/α,β-unsaturated/α-hetero) is 1. The van der Waals surface area contributed by atoms with Crippen LogP contribution in [0.3, 0.4) is 0 Å². The Balaban J connectivity index is 0.00000181. The molecule has 11 heteroatoms. The average Bonchev–Trinajstić information content (AvgIpc) is 2.91. The number of phosphoric ester groups is 1. The molecule has 0 heterocycles. The van der Waals surface area contributed by atoms with Crippen molar-refractivity contribution < 1.29 is 97.8 Å². The summed E-state index contributed by atoms with van der Waals surface area (Å²) in [6.07, 6.45) is 4.59. The number of hydrogen-bond donors (Lipinski definition) is 2. The van der Waals surface area contributed by atoms with E-state index < -0.39 is 37.3 Å². The molecule has 3 saturated carbocycles. The number of aliphatic hydroxyl groups is 2. The van der Waals surface area contributed by atoms with Crippen LogP contribution in [0.2, 0.25) is 0 Å². The van der Waals surface area contributed by atoms with Crippen LogP contribution >= 0.6 is 7.82 Å². The van der Waals surface area contributed by atoms with Gasteiger partial charge in [0.1, 0.15) is 12.2 Å². The molecule has 7 atom stereocenters. The van der Waals surface area contributed by atoms with Crippen molar-refractivity contribution in [2.45, 2.75) is 70.5 Å². The van der Waals surface area contributed by atoms with E-state index in [0.717, 1.165) is 18.4 Å². The molecule has 4 rings (SSSR count). The first-order valence-corrected chi connectivity index (χ1v) is 12.1. The van der Waals surface area contributed by atoms with Gasteiger partial charge >= 0.3 is 59.1 Å². The number of phosphoric acid groups is 1. The summed E-state index contributed by atoms with van der Waals surface area (Å²) in [5, 5.41) is 22.6. The first-order valence-electron chi connectivity index (χ1n) is 10.7. The molecule has 3 fully saturated rings. The predicted molar refractivity (Wildman–Crippen MR) is 102 cm³/mol. The number of rotatable bonds is 4. The fraction of sp³-hybridized carbons (Fsp3) is 0.810. The largest absolute Gasteiger partial charge is 1.00 e. The van der Waals surface area contributed by atoms with Crippen molar-refractivity contribution >= 4 is 19.4 Å². The maximum Gasteiger partial charge on any atom is 1.00 e. The van der Waals surface area contributed by atoms with Crippen LogP contribution in [0.25, 0.3) is 0 Å². The van der Waals surface area contributed by atoms with Gasteiger partial charge in [0.05, 0.1) is 13.9 Å². The van der Waals surface area contributed by atoms with E-state index in [-0.39, 0.29) is 101 Å². The Morgan fingerprint density at radius 3 is 2.50 bits per heavy atom. The van der Waals surface area contributed by atoms with Crippen LogP contribution in [0.4, 0.5) is 0 Å². The minimum atomic E-state index is -5.33. The van der Waals surface area contributed by atoms with Gasteiger partial charge in [-0.2, -0.15) is 0 Å². The Hall–Kier alpha value is 1.11. The number of hydrogen-bond acceptors (Lipinski definition) is 8. The van der Waals surface area contributed by atoms with Crippen molar-refractivity contribution in [1.82, 2.24) is 0 Å². The number of aliphatic hydroxyl groups excluding tert-OH is 1. The van der Waals surface area contributed by atoms with Crippen molar-refractivity contribution in [2.75, 3.05) is 6.61 Å². The number of ketones is 2. The van der Waals surface area contributed by atoms with Gasteiger partial charge in [-0.1, -0.05) is 19.4 Å². The van der Waals surface area contributed by atoms with Crippen LogP contribution in [-0.4, -0.2) is 40.1 Å². The zero-order valence-corrected chi connectivity index (χ0v) is 24.2. The smallest absolute Gasteiger partial charge is 0.790 e. The normalized spacial score (nSPS) is 43.1. The summed E-state index contributed by atoms with van der Waals surface area (Å²) in [6, 6.07) is 0. The molecule has 0 amide bonds. The summed E-state index contributed by atoms with van der Waals surface area (Å²) in [7, 11) is -5.33. The molecule has 2 N–H and O–H groups in total. The molecule has 4 aliphatic carbocycles. The predicted octanol–water partition coefficient (Wildman–Crippen LogP) is -5.36. The second kappa shape index (κ2) is 9.87. The fourth-order valence-electron chi connectivity index (χ4n) is 7.41. The maximum absolute atomic E-state index is 12.8. The van der Waals surface area contributed by atoms with Crippen molar-refractivity contribution in [3.63, 3.8) is 0 Å². The van der Waals surface area contributed by atoms with E-state index in [1.165, 1.54) is 0 Å². The van der Waals surface area contributed by atoms with Gasteiger partial charge in [-0.05, 0) is 67.8 Å². The summed E-state index contributed by atoms with van der Waals surface area (Å²) in [5.74, 6) is -0.688. The Kier molecular flexibility index (Phi) is 9.05. The van der Waals surface area contributed by atoms with Crippen molar-refractivity contribution in [1.29, 1.82) is 0 Å². The standard InChI is InChI=1S/C21H31O8P.2Na/c1-19-7-5-13(22)9-12(19)3-4-14-15-6-8-21(25,17(24)11-29-30(26,27)28)20(15,2)10-16(23)18(14)19;;/h9,14-16,18,23,25H,3-8,10-11H2,1-2H3,(H2,26,27,28);;/q;2*+1/p-2/t14-,15-,16-,18-,19-,20-,21-;;/m0../s1. The number of carbonyl (C=O) groups is 2. The van der Waals surface area contributed by atoms with Gasteiger partial charge in [-0.25, -0.2) is 0 Å². The van der Waals surface area contributed by atoms with E-state index in [1.54, 1.807) is 13.0 Å². The molecule has 0 bridgehead atoms. The Labute approximate surface area is 232 Å². The van der Waals surface area contributed by atoms with E-state index in [0.29, 0.717) is 19.3 Å². The van der Waals surface area contributed by atoms with Crippen LogP contribution < -0.4 is 68.9 Å². The van der Waals surface area contributed by atoms with Gasteiger partial charge in [0, 0.05) is 11.8 Å². The summed E-state index contributed by atoms with van der Waals surface area (Å²) in [4.78, 5) is 46.3. The second-order valence-corrected chi connectivity index (χ2v) is 11.3. The molecular formula is C21H29Na2O8P. The van der Waals surface area contributed by atoms with Crippen LogP contribution in [0.15, 0.2) is 11.6 Å². The molecule has 0 radical (unpaired) electrons. The summed E-state index contributed by atoms with van der Waals surface area (Å²) < 4.78 is 15.0. The van der Waals surface area contributed by atoms with Gasteiger partial charge < -0.3 is 29.1 Å². The zero-order valence-electron chi connectivity index (χ0n) is 19.3. The molecule has 0 aromatic carbocycles. The summed E-state index contributed by atoms with van der Waals surface area (Å²) in [5.41, 5.74) is -1.96. The molecule has 4 aliphatic rings. The third kappa shape index (κ3) is 4.62. The first kappa shape index (κ1) is 29.3. The molecule has 32 heavy (non-hydrogen) atoms. The third-order valence-electron chi connectivity index (χ3n) is 8.86. The van der Waals surface area contributed by atoms with Gasteiger partial charge in [0.25, 0.3) is 0 Å². The molecular weight excluding hydrogens is 457 g/mol. The van der Waals surface area contributed by atoms with Gasteiger partial charge in [-0.15, -0.1) is 0 Å². The quantitative estimate of drug-likeness (QED) is 0.296. The van der Waals surface area contributed by atoms with E-state index in [4.69, 9.17) is 0 Å². The topological polar surface area (TPSA) is 147 Å². The maximum atomic E-state index is 12.8. The zero-order chi connectivity index (χ0) is 22.1. The van der Waals surface area contributed by atoms with Crippen molar-refractivity contribution in [3.8, 4) is 0 Å². The minimum absolute atomic E-state index is 0. The van der Waals surface area contributed by atoms with Crippen LogP contribution in [-0.2, 0) is 18.7 Å². The van der Waals surface area contributed by atoms with Gasteiger partial charge in [0.15, 0.2) is 11.6 Å². The van der Waals surface area contributed by atoms with Crippen LogP contribution in [0.5, 0.6) is 0 Å².